The van der Waals surface area contributed by atoms with Crippen LogP contribution in [0.5, 0.6) is 0 Å². The molecule has 1 amide bonds. The van der Waals surface area contributed by atoms with Crippen molar-refractivity contribution in [2.45, 2.75) is 18.2 Å². The largest absolute Gasteiger partial charge is 0.351 e. The number of thiazole rings is 1. The summed E-state index contributed by atoms with van der Waals surface area (Å²) in [4.78, 5) is 18.6. The van der Waals surface area contributed by atoms with Gasteiger partial charge in [-0.15, -0.1) is 23.1 Å². The van der Waals surface area contributed by atoms with Crippen molar-refractivity contribution in [2.24, 2.45) is 0 Å². The van der Waals surface area contributed by atoms with Crippen LogP contribution in [-0.4, -0.2) is 35.8 Å². The van der Waals surface area contributed by atoms with E-state index in [-0.39, 0.29) is 11.9 Å². The van der Waals surface area contributed by atoms with Crippen LogP contribution in [0.3, 0.4) is 0 Å². The van der Waals surface area contributed by atoms with Gasteiger partial charge in [-0.2, -0.15) is 0 Å². The van der Waals surface area contributed by atoms with Crippen molar-refractivity contribution in [3.8, 4) is 0 Å². The third kappa shape index (κ3) is 4.24. The number of nitrogens with one attached hydrogen (secondary N) is 1. The van der Waals surface area contributed by atoms with Crippen molar-refractivity contribution in [2.75, 3.05) is 23.7 Å². The number of amides is 1. The number of anilines is 1. The molecule has 0 bridgehead atoms. The second kappa shape index (κ2) is 7.65. The number of nitrogens with zero attached hydrogens (tertiary/aromatic N) is 2. The highest BCUT2D eigenvalue weighted by atomic mass is 32.2. The molecular formula is C16H19N3OS2. The van der Waals surface area contributed by atoms with Crippen molar-refractivity contribution >= 4 is 34.1 Å². The van der Waals surface area contributed by atoms with Crippen LogP contribution >= 0.6 is 23.1 Å². The van der Waals surface area contributed by atoms with Crippen LogP contribution < -0.4 is 10.2 Å². The van der Waals surface area contributed by atoms with Gasteiger partial charge in [0.1, 0.15) is 0 Å². The molecule has 1 atom stereocenters. The number of rotatable bonds is 6. The van der Waals surface area contributed by atoms with Crippen LogP contribution in [0.1, 0.15) is 12.0 Å². The lowest BCUT2D eigenvalue weighted by atomic mass is 10.2. The summed E-state index contributed by atoms with van der Waals surface area (Å²) in [5.74, 6) is 1.53. The number of aromatic nitrogens is 1. The standard InChI is InChI=1S/C16H19N3OS2/c20-15(12-21-11-13-4-2-1-3-5-13)18-14-6-8-19(10-14)16-17-7-9-22-16/h1-5,7,9,14H,6,8,10-12H2,(H,18,20). The normalized spacial score (nSPS) is 17.6. The van der Waals surface area contributed by atoms with E-state index in [1.54, 1.807) is 23.1 Å². The summed E-state index contributed by atoms with van der Waals surface area (Å²) in [6, 6.07) is 10.5. The lowest BCUT2D eigenvalue weighted by molar-refractivity contribution is -0.119. The zero-order chi connectivity index (χ0) is 15.2. The van der Waals surface area contributed by atoms with E-state index in [9.17, 15) is 4.79 Å². The predicted octanol–water partition coefficient (Wildman–Crippen LogP) is 2.77. The fourth-order valence-electron chi connectivity index (χ4n) is 2.53. The Kier molecular flexibility index (Phi) is 5.34. The summed E-state index contributed by atoms with van der Waals surface area (Å²) < 4.78 is 0. The van der Waals surface area contributed by atoms with Gasteiger partial charge < -0.3 is 10.2 Å². The molecule has 116 valence electrons. The fraction of sp³-hybridized carbons (Fsp3) is 0.375. The first kappa shape index (κ1) is 15.4. The van der Waals surface area contributed by atoms with Gasteiger partial charge in [0.2, 0.25) is 5.91 Å². The van der Waals surface area contributed by atoms with Crippen molar-refractivity contribution < 1.29 is 4.79 Å². The number of thioether (sulfide) groups is 1. The lowest BCUT2D eigenvalue weighted by Crippen LogP contribution is -2.38. The summed E-state index contributed by atoms with van der Waals surface area (Å²) in [5, 5.41) is 6.17. The number of hydrogen-bond donors (Lipinski definition) is 1. The maximum Gasteiger partial charge on any atom is 0.230 e. The minimum atomic E-state index is 0.131. The minimum absolute atomic E-state index is 0.131. The number of benzene rings is 1. The second-order valence-corrected chi connectivity index (χ2v) is 7.15. The van der Waals surface area contributed by atoms with Gasteiger partial charge in [0, 0.05) is 36.5 Å². The molecule has 0 radical (unpaired) electrons. The lowest BCUT2D eigenvalue weighted by Gasteiger charge is -2.15. The number of carbonyl (C=O) groups is 1. The molecular weight excluding hydrogens is 314 g/mol. The van der Waals surface area contributed by atoms with Gasteiger partial charge in [0.15, 0.2) is 5.13 Å². The predicted molar refractivity (Wildman–Crippen MR) is 93.5 cm³/mol. The SMILES string of the molecule is O=C(CSCc1ccccc1)NC1CCN(c2nccs2)C1. The van der Waals surface area contributed by atoms with E-state index in [1.807, 2.05) is 29.8 Å². The summed E-state index contributed by atoms with van der Waals surface area (Å²) in [7, 11) is 0. The summed E-state index contributed by atoms with van der Waals surface area (Å²) in [5.41, 5.74) is 1.26. The number of hydrogen-bond acceptors (Lipinski definition) is 5. The van der Waals surface area contributed by atoms with E-state index in [0.29, 0.717) is 5.75 Å². The number of carbonyl (C=O) groups excluding carboxylic acids is 1. The van der Waals surface area contributed by atoms with Gasteiger partial charge >= 0.3 is 0 Å². The average molecular weight is 333 g/mol. The molecule has 1 unspecified atom stereocenters. The van der Waals surface area contributed by atoms with Crippen LogP contribution in [-0.2, 0) is 10.5 Å². The fourth-order valence-corrected chi connectivity index (χ4v) is 4.01. The Hall–Kier alpha value is -1.53. The highest BCUT2D eigenvalue weighted by molar-refractivity contribution is 7.99. The third-order valence-electron chi connectivity index (χ3n) is 3.59. The molecule has 3 rings (SSSR count). The first-order valence-electron chi connectivity index (χ1n) is 7.37. The van der Waals surface area contributed by atoms with E-state index < -0.39 is 0 Å². The zero-order valence-electron chi connectivity index (χ0n) is 12.3. The van der Waals surface area contributed by atoms with E-state index in [4.69, 9.17) is 0 Å². The summed E-state index contributed by atoms with van der Waals surface area (Å²) in [6.07, 6.45) is 2.82. The smallest absolute Gasteiger partial charge is 0.230 e. The van der Waals surface area contributed by atoms with Crippen LogP contribution in [0.25, 0.3) is 0 Å². The first-order chi connectivity index (χ1) is 10.8. The van der Waals surface area contributed by atoms with Gasteiger partial charge in [0.25, 0.3) is 0 Å². The topological polar surface area (TPSA) is 45.2 Å². The van der Waals surface area contributed by atoms with Gasteiger partial charge in [-0.3, -0.25) is 4.79 Å². The van der Waals surface area contributed by atoms with Gasteiger partial charge in [-0.25, -0.2) is 4.98 Å². The van der Waals surface area contributed by atoms with Crippen LogP contribution in [0.15, 0.2) is 41.9 Å². The maximum atomic E-state index is 12.0. The zero-order valence-corrected chi connectivity index (χ0v) is 13.9. The molecule has 0 aliphatic carbocycles. The quantitative estimate of drug-likeness (QED) is 0.883. The van der Waals surface area contributed by atoms with Crippen molar-refractivity contribution in [3.63, 3.8) is 0 Å². The summed E-state index contributed by atoms with van der Waals surface area (Å²) >= 11 is 3.31. The van der Waals surface area contributed by atoms with Gasteiger partial charge in [0.05, 0.1) is 5.75 Å². The second-order valence-electron chi connectivity index (χ2n) is 5.29. The van der Waals surface area contributed by atoms with Gasteiger partial charge in [-0.05, 0) is 12.0 Å². The molecule has 4 nitrogen and oxygen atoms in total. The van der Waals surface area contributed by atoms with Gasteiger partial charge in [-0.1, -0.05) is 30.3 Å². The first-order valence-corrected chi connectivity index (χ1v) is 9.40. The Bertz CT molecular complexity index is 589. The molecule has 1 saturated heterocycles. The van der Waals surface area contributed by atoms with Crippen molar-refractivity contribution in [3.05, 3.63) is 47.5 Å². The maximum absolute atomic E-state index is 12.0. The Morgan fingerprint density at radius 3 is 3.05 bits per heavy atom. The van der Waals surface area contributed by atoms with E-state index in [2.05, 4.69) is 27.3 Å². The molecule has 22 heavy (non-hydrogen) atoms. The Morgan fingerprint density at radius 1 is 1.41 bits per heavy atom. The molecule has 1 aromatic heterocycles. The highest BCUT2D eigenvalue weighted by Gasteiger charge is 2.25. The van der Waals surface area contributed by atoms with E-state index in [0.717, 1.165) is 30.4 Å². The van der Waals surface area contributed by atoms with E-state index >= 15 is 0 Å². The van der Waals surface area contributed by atoms with Crippen LogP contribution in [0, 0.1) is 0 Å². The summed E-state index contributed by atoms with van der Waals surface area (Å²) in [6.45, 7) is 1.83. The molecule has 6 heteroatoms. The Labute approximate surface area is 138 Å². The molecule has 1 aliphatic rings. The molecule has 1 N–H and O–H groups in total. The third-order valence-corrected chi connectivity index (χ3v) is 5.42. The van der Waals surface area contributed by atoms with Crippen LogP contribution in [0.4, 0.5) is 5.13 Å². The van der Waals surface area contributed by atoms with E-state index in [1.165, 1.54) is 5.56 Å². The minimum Gasteiger partial charge on any atom is -0.351 e. The molecule has 2 aromatic rings. The molecule has 2 heterocycles. The molecule has 0 spiro atoms. The highest BCUT2D eigenvalue weighted by Crippen LogP contribution is 2.22. The monoisotopic (exact) mass is 333 g/mol. The van der Waals surface area contributed by atoms with Crippen molar-refractivity contribution in [1.82, 2.24) is 10.3 Å². The molecule has 1 aliphatic heterocycles. The average Bonchev–Trinajstić information content (AvgIpc) is 3.19. The Morgan fingerprint density at radius 2 is 2.27 bits per heavy atom. The van der Waals surface area contributed by atoms with Crippen LogP contribution in [0.2, 0.25) is 0 Å². The van der Waals surface area contributed by atoms with Crippen molar-refractivity contribution in [1.29, 1.82) is 0 Å². The molecule has 1 aromatic carbocycles. The molecule has 1 fully saturated rings. The Balaban J connectivity index is 1.37. The molecule has 0 saturated carbocycles.